The molecule has 5 nitrogen and oxygen atoms in total. The number of ether oxygens (including phenoxy) is 1. The molecule has 0 aliphatic carbocycles. The number of hydrogen-bond donors (Lipinski definition) is 1. The number of rotatable bonds is 7. The molecule has 2 aromatic rings. The number of methoxy groups -OCH3 is 1. The van der Waals surface area contributed by atoms with Crippen molar-refractivity contribution in [3.8, 4) is 5.75 Å². The SMILES string of the molecule is CON=C(C(=O)NCCc1ccc(OC)c(C)c1)c1ccc(Br)cc1. The lowest BCUT2D eigenvalue weighted by molar-refractivity contribution is -0.114. The highest BCUT2D eigenvalue weighted by Gasteiger charge is 2.14. The highest BCUT2D eigenvalue weighted by atomic mass is 79.9. The van der Waals surface area contributed by atoms with Gasteiger partial charge in [0.2, 0.25) is 0 Å². The molecule has 2 aromatic carbocycles. The second-order valence-corrected chi connectivity index (χ2v) is 6.35. The van der Waals surface area contributed by atoms with Crippen LogP contribution in [0.2, 0.25) is 0 Å². The molecule has 0 atom stereocenters. The van der Waals surface area contributed by atoms with E-state index in [1.165, 1.54) is 7.11 Å². The van der Waals surface area contributed by atoms with Crippen LogP contribution >= 0.6 is 15.9 Å². The van der Waals surface area contributed by atoms with Crippen molar-refractivity contribution < 1.29 is 14.4 Å². The lowest BCUT2D eigenvalue weighted by Gasteiger charge is -2.10. The first-order chi connectivity index (χ1) is 12.0. The second kappa shape index (κ2) is 9.22. The van der Waals surface area contributed by atoms with Crippen molar-refractivity contribution in [2.24, 2.45) is 5.16 Å². The Balaban J connectivity index is 1.98. The van der Waals surface area contributed by atoms with E-state index in [4.69, 9.17) is 9.57 Å². The first kappa shape index (κ1) is 19.0. The van der Waals surface area contributed by atoms with Crippen molar-refractivity contribution in [1.82, 2.24) is 5.32 Å². The number of aryl methyl sites for hydroxylation is 1. The minimum atomic E-state index is -0.269. The molecule has 0 saturated heterocycles. The van der Waals surface area contributed by atoms with Gasteiger partial charge in [-0.05, 0) is 42.7 Å². The van der Waals surface area contributed by atoms with E-state index in [9.17, 15) is 4.79 Å². The average molecular weight is 405 g/mol. The smallest absolute Gasteiger partial charge is 0.273 e. The van der Waals surface area contributed by atoms with Gasteiger partial charge in [-0.1, -0.05) is 45.4 Å². The Morgan fingerprint density at radius 3 is 2.48 bits per heavy atom. The summed E-state index contributed by atoms with van der Waals surface area (Å²) in [5.41, 5.74) is 3.15. The maximum atomic E-state index is 12.4. The Hall–Kier alpha value is -2.34. The molecule has 0 heterocycles. The third-order valence-electron chi connectivity index (χ3n) is 3.67. The molecule has 0 fully saturated rings. The van der Waals surface area contributed by atoms with Crippen molar-refractivity contribution in [2.75, 3.05) is 20.8 Å². The summed E-state index contributed by atoms with van der Waals surface area (Å²) >= 11 is 3.37. The normalized spacial score (nSPS) is 11.1. The molecule has 2 rings (SSSR count). The molecule has 6 heteroatoms. The molecule has 0 bridgehead atoms. The minimum Gasteiger partial charge on any atom is -0.496 e. The zero-order valence-electron chi connectivity index (χ0n) is 14.5. The first-order valence-corrected chi connectivity index (χ1v) is 8.63. The molecule has 0 saturated carbocycles. The molecule has 0 radical (unpaired) electrons. The summed E-state index contributed by atoms with van der Waals surface area (Å²) in [6.07, 6.45) is 0.719. The van der Waals surface area contributed by atoms with E-state index in [0.29, 0.717) is 12.1 Å². The number of hydrogen-bond acceptors (Lipinski definition) is 4. The van der Waals surface area contributed by atoms with Gasteiger partial charge in [0.1, 0.15) is 12.9 Å². The largest absolute Gasteiger partial charge is 0.496 e. The van der Waals surface area contributed by atoms with Gasteiger partial charge in [0.25, 0.3) is 5.91 Å². The van der Waals surface area contributed by atoms with E-state index in [2.05, 4.69) is 32.5 Å². The van der Waals surface area contributed by atoms with Crippen molar-refractivity contribution in [1.29, 1.82) is 0 Å². The van der Waals surface area contributed by atoms with E-state index in [0.717, 1.165) is 27.8 Å². The van der Waals surface area contributed by atoms with Gasteiger partial charge < -0.3 is 14.9 Å². The minimum absolute atomic E-state index is 0.251. The van der Waals surface area contributed by atoms with Gasteiger partial charge in [0.05, 0.1) is 7.11 Å². The topological polar surface area (TPSA) is 59.9 Å². The maximum Gasteiger partial charge on any atom is 0.273 e. The zero-order chi connectivity index (χ0) is 18.2. The van der Waals surface area contributed by atoms with Gasteiger partial charge in [0.15, 0.2) is 5.71 Å². The summed E-state index contributed by atoms with van der Waals surface area (Å²) in [6.45, 7) is 2.50. The quantitative estimate of drug-likeness (QED) is 0.567. The summed E-state index contributed by atoms with van der Waals surface area (Å²) in [7, 11) is 3.08. The Labute approximate surface area is 156 Å². The third-order valence-corrected chi connectivity index (χ3v) is 4.20. The number of benzene rings is 2. The monoisotopic (exact) mass is 404 g/mol. The van der Waals surface area contributed by atoms with Crippen LogP contribution in [0.3, 0.4) is 0 Å². The van der Waals surface area contributed by atoms with Gasteiger partial charge in [-0.15, -0.1) is 0 Å². The van der Waals surface area contributed by atoms with Crippen LogP contribution in [0.1, 0.15) is 16.7 Å². The Morgan fingerprint density at radius 2 is 1.88 bits per heavy atom. The molecular formula is C19H21BrN2O3. The van der Waals surface area contributed by atoms with E-state index in [-0.39, 0.29) is 11.6 Å². The summed E-state index contributed by atoms with van der Waals surface area (Å²) in [5.74, 6) is 0.590. The molecule has 0 aliphatic heterocycles. The second-order valence-electron chi connectivity index (χ2n) is 5.44. The number of halogens is 1. The van der Waals surface area contributed by atoms with Crippen LogP contribution in [0.15, 0.2) is 52.1 Å². The number of carbonyl (C=O) groups is 1. The van der Waals surface area contributed by atoms with Gasteiger partial charge in [-0.25, -0.2) is 0 Å². The first-order valence-electron chi connectivity index (χ1n) is 7.84. The summed E-state index contributed by atoms with van der Waals surface area (Å²) < 4.78 is 6.19. The number of carbonyl (C=O) groups excluding carboxylic acids is 1. The molecule has 1 amide bonds. The van der Waals surface area contributed by atoms with Crippen molar-refractivity contribution in [2.45, 2.75) is 13.3 Å². The average Bonchev–Trinajstić information content (AvgIpc) is 2.60. The predicted molar refractivity (Wildman–Crippen MR) is 102 cm³/mol. The van der Waals surface area contributed by atoms with E-state index < -0.39 is 0 Å². The predicted octanol–water partition coefficient (Wildman–Crippen LogP) is 3.48. The fourth-order valence-corrected chi connectivity index (χ4v) is 2.69. The van der Waals surface area contributed by atoms with Crippen molar-refractivity contribution in [3.63, 3.8) is 0 Å². The highest BCUT2D eigenvalue weighted by molar-refractivity contribution is 9.10. The molecule has 1 N–H and O–H groups in total. The molecule has 0 spiro atoms. The van der Waals surface area contributed by atoms with Crippen LogP contribution in [-0.2, 0) is 16.1 Å². The standard InChI is InChI=1S/C19H21BrN2O3/c1-13-12-14(4-9-17(13)24-2)10-11-21-19(23)18(22-25-3)15-5-7-16(20)8-6-15/h4-9,12H,10-11H2,1-3H3,(H,21,23). The Kier molecular flexibility index (Phi) is 7.01. The zero-order valence-corrected chi connectivity index (χ0v) is 16.1. The lowest BCUT2D eigenvalue weighted by atomic mass is 10.1. The molecular weight excluding hydrogens is 384 g/mol. The molecule has 0 aromatic heterocycles. The van der Waals surface area contributed by atoms with Crippen molar-refractivity contribution in [3.05, 3.63) is 63.6 Å². The fraction of sp³-hybridized carbons (Fsp3) is 0.263. The van der Waals surface area contributed by atoms with E-state index in [1.54, 1.807) is 7.11 Å². The third kappa shape index (κ3) is 5.32. The van der Waals surface area contributed by atoms with Crippen molar-refractivity contribution >= 4 is 27.5 Å². The van der Waals surface area contributed by atoms with Gasteiger partial charge in [0, 0.05) is 16.6 Å². The number of nitrogens with zero attached hydrogens (tertiary/aromatic N) is 1. The van der Waals surface area contributed by atoms with Gasteiger partial charge in [-0.2, -0.15) is 0 Å². The van der Waals surface area contributed by atoms with Crippen LogP contribution in [0.25, 0.3) is 0 Å². The summed E-state index contributed by atoms with van der Waals surface area (Å²) in [5, 5.41) is 6.74. The Bertz CT molecular complexity index is 758. The molecule has 132 valence electrons. The van der Waals surface area contributed by atoms with E-state index >= 15 is 0 Å². The molecule has 0 unspecified atom stereocenters. The number of amides is 1. The van der Waals surface area contributed by atoms with Gasteiger partial charge in [-0.3, -0.25) is 4.79 Å². The summed E-state index contributed by atoms with van der Waals surface area (Å²) in [4.78, 5) is 17.2. The number of nitrogens with one attached hydrogen (secondary N) is 1. The van der Waals surface area contributed by atoms with Crippen LogP contribution < -0.4 is 10.1 Å². The van der Waals surface area contributed by atoms with Gasteiger partial charge >= 0.3 is 0 Å². The highest BCUT2D eigenvalue weighted by Crippen LogP contribution is 2.18. The maximum absolute atomic E-state index is 12.4. The van der Waals surface area contributed by atoms with Crippen LogP contribution in [0.5, 0.6) is 5.75 Å². The van der Waals surface area contributed by atoms with E-state index in [1.807, 2.05) is 43.3 Å². The van der Waals surface area contributed by atoms with Crippen LogP contribution in [0.4, 0.5) is 0 Å². The summed E-state index contributed by atoms with van der Waals surface area (Å²) in [6, 6.07) is 13.3. The lowest BCUT2D eigenvalue weighted by Crippen LogP contribution is -2.33. The fourth-order valence-electron chi connectivity index (χ4n) is 2.42. The Morgan fingerprint density at radius 1 is 1.16 bits per heavy atom. The number of oxime groups is 1. The molecule has 0 aliphatic rings. The van der Waals surface area contributed by atoms with Crippen LogP contribution in [0, 0.1) is 6.92 Å². The molecule has 25 heavy (non-hydrogen) atoms. The van der Waals surface area contributed by atoms with Crippen LogP contribution in [-0.4, -0.2) is 32.4 Å².